The largest absolute Gasteiger partial charge is 0.264 e. The molecule has 0 heterocycles. The summed E-state index contributed by atoms with van der Waals surface area (Å²) in [5, 5.41) is 10.7. The predicted molar refractivity (Wildman–Crippen MR) is 57.2 cm³/mol. The van der Waals surface area contributed by atoms with E-state index in [4.69, 9.17) is 0 Å². The molecule has 15 heavy (non-hydrogen) atoms. The Hall–Kier alpha value is -0.670. The van der Waals surface area contributed by atoms with Gasteiger partial charge in [0.15, 0.2) is 6.17 Å². The molecule has 2 atom stereocenters. The molecule has 0 aromatic carbocycles. The van der Waals surface area contributed by atoms with Crippen LogP contribution in [0.5, 0.6) is 0 Å². The van der Waals surface area contributed by atoms with E-state index >= 15 is 0 Å². The van der Waals surface area contributed by atoms with Crippen LogP contribution < -0.4 is 0 Å². The molecular formula is C11H20FNO2. The molecule has 0 spiro atoms. The van der Waals surface area contributed by atoms with E-state index in [1.807, 2.05) is 0 Å². The number of halogens is 1. The third-order valence-corrected chi connectivity index (χ3v) is 3.17. The fourth-order valence-electron chi connectivity index (χ4n) is 2.19. The molecule has 0 aromatic heterocycles. The van der Waals surface area contributed by atoms with Crippen LogP contribution in [0.2, 0.25) is 0 Å². The zero-order valence-electron chi connectivity index (χ0n) is 9.16. The molecule has 0 bridgehead atoms. The minimum absolute atomic E-state index is 0.367. The summed E-state index contributed by atoms with van der Waals surface area (Å²) in [5.41, 5.74) is 0. The van der Waals surface area contributed by atoms with E-state index in [1.54, 1.807) is 0 Å². The number of hydrogen-bond donors (Lipinski definition) is 0. The van der Waals surface area contributed by atoms with Crippen molar-refractivity contribution in [2.75, 3.05) is 0 Å². The van der Waals surface area contributed by atoms with E-state index in [2.05, 4.69) is 0 Å². The highest BCUT2D eigenvalue weighted by Gasteiger charge is 2.30. The van der Waals surface area contributed by atoms with Gasteiger partial charge in [-0.3, -0.25) is 10.1 Å². The maximum absolute atomic E-state index is 13.5. The van der Waals surface area contributed by atoms with Crippen molar-refractivity contribution < 1.29 is 9.31 Å². The van der Waals surface area contributed by atoms with Crippen LogP contribution in [0.15, 0.2) is 0 Å². The molecule has 4 heteroatoms. The van der Waals surface area contributed by atoms with Gasteiger partial charge in [-0.25, -0.2) is 4.39 Å². The molecule has 2 unspecified atom stereocenters. The summed E-state index contributed by atoms with van der Waals surface area (Å²) in [7, 11) is 0. The maximum Gasteiger partial charge on any atom is 0.243 e. The average molecular weight is 217 g/mol. The second-order valence-corrected chi connectivity index (χ2v) is 4.42. The third-order valence-electron chi connectivity index (χ3n) is 3.17. The lowest BCUT2D eigenvalue weighted by atomic mass is 10.0. The van der Waals surface area contributed by atoms with Crippen LogP contribution in [-0.2, 0) is 0 Å². The van der Waals surface area contributed by atoms with Crippen molar-refractivity contribution in [3.8, 4) is 0 Å². The first kappa shape index (κ1) is 12.4. The molecule has 0 aromatic rings. The van der Waals surface area contributed by atoms with Gasteiger partial charge >= 0.3 is 0 Å². The van der Waals surface area contributed by atoms with E-state index in [-0.39, 0.29) is 0 Å². The Morgan fingerprint density at radius 3 is 1.93 bits per heavy atom. The van der Waals surface area contributed by atoms with Crippen LogP contribution in [0.25, 0.3) is 0 Å². The van der Waals surface area contributed by atoms with Crippen molar-refractivity contribution in [2.24, 2.45) is 0 Å². The van der Waals surface area contributed by atoms with Crippen molar-refractivity contribution in [1.82, 2.24) is 0 Å². The van der Waals surface area contributed by atoms with Gasteiger partial charge in [0.1, 0.15) is 0 Å². The Bertz CT molecular complexity index is 199. The van der Waals surface area contributed by atoms with Crippen LogP contribution >= 0.6 is 0 Å². The van der Waals surface area contributed by atoms with Gasteiger partial charge in [0.2, 0.25) is 6.04 Å². The lowest BCUT2D eigenvalue weighted by Gasteiger charge is -2.13. The molecule has 1 aliphatic carbocycles. The van der Waals surface area contributed by atoms with Gasteiger partial charge in [-0.2, -0.15) is 0 Å². The standard InChI is InChI=1S/C11H20FNO2/c12-10-8-6-4-2-1-3-5-7-9-11(10)13(14)15/h10-11H,1-9H2. The van der Waals surface area contributed by atoms with Gasteiger partial charge in [-0.1, -0.05) is 38.5 Å². The van der Waals surface area contributed by atoms with Gasteiger partial charge in [0, 0.05) is 11.3 Å². The van der Waals surface area contributed by atoms with Gasteiger partial charge in [0.25, 0.3) is 0 Å². The molecule has 88 valence electrons. The molecule has 0 radical (unpaired) electrons. The van der Waals surface area contributed by atoms with Crippen LogP contribution in [0.1, 0.15) is 57.8 Å². The SMILES string of the molecule is O=[N+]([O-])C1CCCCCCCCCC1F. The summed E-state index contributed by atoms with van der Waals surface area (Å²) in [6.45, 7) is 0. The normalized spacial score (nSPS) is 30.5. The fourth-order valence-corrected chi connectivity index (χ4v) is 2.19. The van der Waals surface area contributed by atoms with E-state index in [1.165, 1.54) is 6.42 Å². The third kappa shape index (κ3) is 4.58. The summed E-state index contributed by atoms with van der Waals surface area (Å²) >= 11 is 0. The van der Waals surface area contributed by atoms with Gasteiger partial charge in [-0.15, -0.1) is 0 Å². The summed E-state index contributed by atoms with van der Waals surface area (Å²) < 4.78 is 13.5. The van der Waals surface area contributed by atoms with Crippen molar-refractivity contribution in [3.05, 3.63) is 10.1 Å². The minimum atomic E-state index is -1.24. The number of hydrogen-bond acceptors (Lipinski definition) is 2. The van der Waals surface area contributed by atoms with Crippen LogP contribution in [0.4, 0.5) is 4.39 Å². The Labute approximate surface area is 90.2 Å². The topological polar surface area (TPSA) is 43.1 Å². The fraction of sp³-hybridized carbons (Fsp3) is 1.00. The van der Waals surface area contributed by atoms with E-state index in [9.17, 15) is 14.5 Å². The van der Waals surface area contributed by atoms with Gasteiger partial charge < -0.3 is 0 Å². The van der Waals surface area contributed by atoms with E-state index in [0.717, 1.165) is 38.5 Å². The molecule has 0 amide bonds. The molecule has 0 saturated heterocycles. The zero-order valence-corrected chi connectivity index (χ0v) is 9.16. The number of rotatable bonds is 1. The van der Waals surface area contributed by atoms with Crippen LogP contribution in [0, 0.1) is 10.1 Å². The predicted octanol–water partition coefficient (Wildman–Crippen LogP) is 3.49. The highest BCUT2D eigenvalue weighted by Crippen LogP contribution is 2.20. The van der Waals surface area contributed by atoms with Crippen LogP contribution in [0.3, 0.4) is 0 Å². The molecule has 1 rings (SSSR count). The Morgan fingerprint density at radius 2 is 1.40 bits per heavy atom. The minimum Gasteiger partial charge on any atom is -0.264 e. The molecular weight excluding hydrogens is 197 g/mol. The first-order valence-corrected chi connectivity index (χ1v) is 5.99. The lowest BCUT2D eigenvalue weighted by molar-refractivity contribution is -0.532. The smallest absolute Gasteiger partial charge is 0.243 e. The summed E-state index contributed by atoms with van der Waals surface area (Å²) in [6, 6.07) is -0.955. The molecule has 0 aliphatic heterocycles. The highest BCUT2D eigenvalue weighted by molar-refractivity contribution is 4.70. The quantitative estimate of drug-likeness (QED) is 0.498. The molecule has 1 fully saturated rings. The van der Waals surface area contributed by atoms with E-state index in [0.29, 0.717) is 12.8 Å². The highest BCUT2D eigenvalue weighted by atomic mass is 19.1. The van der Waals surface area contributed by atoms with Crippen molar-refractivity contribution in [2.45, 2.75) is 70.0 Å². The Balaban J connectivity index is 2.46. The van der Waals surface area contributed by atoms with Gasteiger partial charge in [0.05, 0.1) is 0 Å². The molecule has 1 aliphatic rings. The average Bonchev–Trinajstić information content (AvgIpc) is 2.23. The maximum atomic E-state index is 13.5. The van der Waals surface area contributed by atoms with Crippen molar-refractivity contribution in [3.63, 3.8) is 0 Å². The Kier molecular flexibility index (Phi) is 5.58. The van der Waals surface area contributed by atoms with Crippen molar-refractivity contribution >= 4 is 0 Å². The summed E-state index contributed by atoms with van der Waals surface area (Å²) in [5.74, 6) is 0. The molecule has 0 N–H and O–H groups in total. The zero-order chi connectivity index (χ0) is 11.1. The first-order valence-electron chi connectivity index (χ1n) is 5.99. The molecule has 3 nitrogen and oxygen atoms in total. The summed E-state index contributed by atoms with van der Waals surface area (Å²) in [6.07, 6.45) is 6.65. The second kappa shape index (κ2) is 6.75. The Morgan fingerprint density at radius 1 is 0.933 bits per heavy atom. The monoisotopic (exact) mass is 217 g/mol. The van der Waals surface area contributed by atoms with Crippen LogP contribution in [-0.4, -0.2) is 17.1 Å². The number of alkyl halides is 1. The van der Waals surface area contributed by atoms with Gasteiger partial charge in [-0.05, 0) is 12.8 Å². The lowest BCUT2D eigenvalue weighted by Crippen LogP contribution is -2.30. The number of nitro groups is 1. The summed E-state index contributed by atoms with van der Waals surface area (Å²) in [4.78, 5) is 10.3. The second-order valence-electron chi connectivity index (χ2n) is 4.42. The number of nitrogens with zero attached hydrogens (tertiary/aromatic N) is 1. The van der Waals surface area contributed by atoms with Crippen molar-refractivity contribution in [1.29, 1.82) is 0 Å². The van der Waals surface area contributed by atoms with E-state index < -0.39 is 17.1 Å². The first-order chi connectivity index (χ1) is 7.22. The molecule has 1 saturated carbocycles.